The van der Waals surface area contributed by atoms with E-state index in [1.165, 1.54) is 5.56 Å². The molecule has 0 saturated carbocycles. The third kappa shape index (κ3) is 4.34. The quantitative estimate of drug-likeness (QED) is 0.512. The van der Waals surface area contributed by atoms with Crippen molar-refractivity contribution in [2.24, 2.45) is 5.41 Å². The van der Waals surface area contributed by atoms with E-state index in [1.54, 1.807) is 14.2 Å². The van der Waals surface area contributed by atoms with Crippen molar-refractivity contribution in [2.75, 3.05) is 19.1 Å². The van der Waals surface area contributed by atoms with Gasteiger partial charge in [0.2, 0.25) is 0 Å². The number of ether oxygens (including phenoxy) is 2. The van der Waals surface area contributed by atoms with Gasteiger partial charge in [-0.2, -0.15) is 0 Å². The Hall–Kier alpha value is -2.69. The monoisotopic (exact) mass is 395 g/mol. The molecule has 0 aliphatic carbocycles. The van der Waals surface area contributed by atoms with Gasteiger partial charge < -0.3 is 14.4 Å². The van der Waals surface area contributed by atoms with Gasteiger partial charge >= 0.3 is 0 Å². The topological polar surface area (TPSA) is 39.0 Å². The van der Waals surface area contributed by atoms with Crippen LogP contribution < -0.4 is 14.4 Å². The number of aromatic nitrogens is 2. The molecule has 0 aliphatic heterocycles. The van der Waals surface area contributed by atoms with Crippen LogP contribution in [0.25, 0.3) is 5.65 Å². The number of hydrogen-bond donors (Lipinski definition) is 0. The molecule has 0 unspecified atom stereocenters. The van der Waals surface area contributed by atoms with Gasteiger partial charge in [-0.15, -0.1) is 0 Å². The molecule has 3 aromatic rings. The molecule has 0 bridgehead atoms. The van der Waals surface area contributed by atoms with E-state index in [4.69, 9.17) is 9.47 Å². The van der Waals surface area contributed by atoms with Crippen LogP contribution in [-0.4, -0.2) is 29.1 Å². The fourth-order valence-corrected chi connectivity index (χ4v) is 4.37. The van der Waals surface area contributed by atoms with E-state index in [0.29, 0.717) is 5.75 Å². The average molecular weight is 396 g/mol. The lowest BCUT2D eigenvalue weighted by Crippen LogP contribution is -2.44. The highest BCUT2D eigenvalue weighted by molar-refractivity contribution is 5.68. The maximum Gasteiger partial charge on any atom is 0.162 e. The number of hydrogen-bond acceptors (Lipinski definition) is 4. The van der Waals surface area contributed by atoms with Gasteiger partial charge in [0, 0.05) is 23.5 Å². The fourth-order valence-electron chi connectivity index (χ4n) is 4.37. The second-order valence-electron chi connectivity index (χ2n) is 9.47. The molecular weight excluding hydrogens is 362 g/mol. The number of benzene rings is 1. The van der Waals surface area contributed by atoms with Crippen LogP contribution in [0.1, 0.15) is 46.6 Å². The molecule has 29 heavy (non-hydrogen) atoms. The molecule has 5 nitrogen and oxygen atoms in total. The Bertz CT molecular complexity index is 999. The highest BCUT2D eigenvalue weighted by Gasteiger charge is 2.35. The first kappa shape index (κ1) is 21.0. The number of imidazole rings is 1. The summed E-state index contributed by atoms with van der Waals surface area (Å²) >= 11 is 0. The number of rotatable bonds is 6. The van der Waals surface area contributed by atoms with Crippen molar-refractivity contribution >= 4 is 17.2 Å². The van der Waals surface area contributed by atoms with E-state index in [-0.39, 0.29) is 11.0 Å². The molecule has 0 N–H and O–H groups in total. The summed E-state index contributed by atoms with van der Waals surface area (Å²) in [5, 5.41) is 0. The molecule has 0 amide bonds. The first-order valence-electron chi connectivity index (χ1n) is 10.0. The maximum atomic E-state index is 5.59. The Morgan fingerprint density at radius 1 is 0.966 bits per heavy atom. The van der Waals surface area contributed by atoms with E-state index >= 15 is 0 Å². The van der Waals surface area contributed by atoms with Crippen molar-refractivity contribution in [3.63, 3.8) is 0 Å². The second kappa shape index (κ2) is 7.62. The van der Waals surface area contributed by atoms with Gasteiger partial charge in [-0.25, -0.2) is 4.98 Å². The molecule has 0 aliphatic rings. The second-order valence-corrected chi connectivity index (χ2v) is 9.47. The summed E-state index contributed by atoms with van der Waals surface area (Å²) in [5.41, 5.74) is 3.17. The van der Waals surface area contributed by atoms with Crippen molar-refractivity contribution in [3.8, 4) is 11.5 Å². The molecule has 0 radical (unpaired) electrons. The molecule has 0 fully saturated rings. The molecule has 2 aromatic heterocycles. The fraction of sp³-hybridized carbons (Fsp3) is 0.458. The molecule has 0 saturated heterocycles. The van der Waals surface area contributed by atoms with Gasteiger partial charge in [0.05, 0.1) is 20.4 Å². The summed E-state index contributed by atoms with van der Waals surface area (Å²) in [6, 6.07) is 10.3. The number of methoxy groups -OCH3 is 2. The lowest BCUT2D eigenvalue weighted by Gasteiger charge is -2.43. The Kier molecular flexibility index (Phi) is 5.52. The van der Waals surface area contributed by atoms with Crippen LogP contribution >= 0.6 is 0 Å². The van der Waals surface area contributed by atoms with Crippen LogP contribution in [0.15, 0.2) is 42.7 Å². The van der Waals surface area contributed by atoms with Crippen LogP contribution in [0.5, 0.6) is 11.5 Å². The summed E-state index contributed by atoms with van der Waals surface area (Å²) in [6.07, 6.45) is 5.04. The predicted octanol–water partition coefficient (Wildman–Crippen LogP) is 6.01. The third-order valence-electron chi connectivity index (χ3n) is 5.07. The number of nitrogens with zero attached hydrogens (tertiary/aromatic N) is 3. The van der Waals surface area contributed by atoms with Gasteiger partial charge in [0.15, 0.2) is 11.5 Å². The highest BCUT2D eigenvalue weighted by atomic mass is 16.5. The van der Waals surface area contributed by atoms with E-state index < -0.39 is 0 Å². The first-order valence-corrected chi connectivity index (χ1v) is 10.0. The summed E-state index contributed by atoms with van der Waals surface area (Å²) in [4.78, 5) is 7.03. The van der Waals surface area contributed by atoms with Crippen molar-refractivity contribution in [1.29, 1.82) is 0 Å². The van der Waals surface area contributed by atoms with Crippen molar-refractivity contribution < 1.29 is 9.47 Å². The standard InChI is InChI=1S/C24H33N3O2/c1-17-11-12-26-21(13-17)25-15-22(26)27(24(5,6)16-23(2,3)4)18-9-10-19(28-7)20(14-18)29-8/h9-15H,16H2,1-8H3. The smallest absolute Gasteiger partial charge is 0.162 e. The molecule has 3 rings (SSSR count). The van der Waals surface area contributed by atoms with E-state index in [9.17, 15) is 0 Å². The molecule has 2 heterocycles. The number of fused-ring (bicyclic) bond motifs is 1. The Morgan fingerprint density at radius 2 is 1.66 bits per heavy atom. The SMILES string of the molecule is COc1ccc(N(c2cnc3cc(C)ccn23)C(C)(C)CC(C)(C)C)cc1OC. The summed E-state index contributed by atoms with van der Waals surface area (Å²) in [5.74, 6) is 2.46. The summed E-state index contributed by atoms with van der Waals surface area (Å²) < 4.78 is 13.2. The molecule has 1 aromatic carbocycles. The van der Waals surface area contributed by atoms with Crippen LogP contribution in [0.4, 0.5) is 11.5 Å². The average Bonchev–Trinajstić information content (AvgIpc) is 3.02. The molecule has 0 atom stereocenters. The normalized spacial score (nSPS) is 12.3. The molecule has 0 spiro atoms. The van der Waals surface area contributed by atoms with Gasteiger partial charge in [-0.05, 0) is 62.4 Å². The van der Waals surface area contributed by atoms with Crippen LogP contribution in [-0.2, 0) is 0 Å². The Balaban J connectivity index is 2.22. The van der Waals surface area contributed by atoms with Gasteiger partial charge in [-0.3, -0.25) is 4.40 Å². The van der Waals surface area contributed by atoms with Crippen LogP contribution in [0, 0.1) is 12.3 Å². The zero-order valence-electron chi connectivity index (χ0n) is 18.9. The largest absolute Gasteiger partial charge is 0.493 e. The van der Waals surface area contributed by atoms with Gasteiger partial charge in [-0.1, -0.05) is 20.8 Å². The minimum atomic E-state index is -0.168. The van der Waals surface area contributed by atoms with Crippen LogP contribution in [0.3, 0.4) is 0 Å². The predicted molar refractivity (Wildman–Crippen MR) is 120 cm³/mol. The zero-order chi connectivity index (χ0) is 21.4. The van der Waals surface area contributed by atoms with E-state index in [2.05, 4.69) is 80.2 Å². The lowest BCUT2D eigenvalue weighted by atomic mass is 9.80. The third-order valence-corrected chi connectivity index (χ3v) is 5.07. The number of anilines is 2. The zero-order valence-corrected chi connectivity index (χ0v) is 18.9. The van der Waals surface area contributed by atoms with Gasteiger partial charge in [0.1, 0.15) is 11.5 Å². The number of aryl methyl sites for hydroxylation is 1. The Labute approximate surface area is 174 Å². The minimum Gasteiger partial charge on any atom is -0.493 e. The minimum absolute atomic E-state index is 0.162. The lowest BCUT2D eigenvalue weighted by molar-refractivity contribution is 0.283. The van der Waals surface area contributed by atoms with Gasteiger partial charge in [0.25, 0.3) is 0 Å². The molecule has 156 valence electrons. The maximum absolute atomic E-state index is 5.59. The molecular formula is C24H33N3O2. The number of pyridine rings is 1. The van der Waals surface area contributed by atoms with Crippen molar-refractivity contribution in [1.82, 2.24) is 9.38 Å². The summed E-state index contributed by atoms with van der Waals surface area (Å²) in [6.45, 7) is 13.5. The van der Waals surface area contributed by atoms with Crippen molar-refractivity contribution in [2.45, 2.75) is 53.5 Å². The van der Waals surface area contributed by atoms with E-state index in [0.717, 1.165) is 29.3 Å². The van der Waals surface area contributed by atoms with Crippen LogP contribution in [0.2, 0.25) is 0 Å². The Morgan fingerprint density at radius 3 is 2.28 bits per heavy atom. The highest BCUT2D eigenvalue weighted by Crippen LogP contribution is 2.42. The van der Waals surface area contributed by atoms with E-state index in [1.807, 2.05) is 18.3 Å². The van der Waals surface area contributed by atoms with Crippen molar-refractivity contribution in [3.05, 3.63) is 48.3 Å². The molecule has 5 heteroatoms. The first-order chi connectivity index (χ1) is 13.6. The summed E-state index contributed by atoms with van der Waals surface area (Å²) in [7, 11) is 3.33.